The predicted molar refractivity (Wildman–Crippen MR) is 130 cm³/mol. The van der Waals surface area contributed by atoms with Gasteiger partial charge in [0.25, 0.3) is 0 Å². The summed E-state index contributed by atoms with van der Waals surface area (Å²) in [5.74, 6) is 2.94. The monoisotopic (exact) mass is 454 g/mol. The van der Waals surface area contributed by atoms with Crippen LogP contribution in [0.3, 0.4) is 0 Å². The van der Waals surface area contributed by atoms with Crippen LogP contribution in [0, 0.1) is 11.8 Å². The van der Waals surface area contributed by atoms with Crippen LogP contribution in [0.1, 0.15) is 31.2 Å². The second-order valence-corrected chi connectivity index (χ2v) is 9.77. The van der Waals surface area contributed by atoms with Gasteiger partial charge in [-0.05, 0) is 99.0 Å². The van der Waals surface area contributed by atoms with Gasteiger partial charge in [0.15, 0.2) is 5.09 Å². The van der Waals surface area contributed by atoms with Crippen molar-refractivity contribution < 1.29 is 14.3 Å². The van der Waals surface area contributed by atoms with E-state index < -0.39 is 0 Å². The lowest BCUT2D eigenvalue weighted by atomic mass is 9.82. The van der Waals surface area contributed by atoms with E-state index in [9.17, 15) is 5.11 Å². The van der Waals surface area contributed by atoms with Crippen LogP contribution in [-0.4, -0.2) is 54.1 Å². The Morgan fingerprint density at radius 2 is 2.16 bits per heavy atom. The van der Waals surface area contributed by atoms with Crippen LogP contribution in [0.15, 0.2) is 58.4 Å². The number of likely N-dealkylation sites (tertiary alicyclic amines) is 1. The smallest absolute Gasteiger partial charge is 0.160 e. The van der Waals surface area contributed by atoms with Crippen molar-refractivity contribution in [2.45, 2.75) is 37.2 Å². The number of methoxy groups -OCH3 is 1. The Kier molecular flexibility index (Phi) is 8.49. The average Bonchev–Trinajstić information content (AvgIpc) is 3.36. The Morgan fingerprint density at radius 1 is 1.22 bits per heavy atom. The van der Waals surface area contributed by atoms with Crippen LogP contribution >= 0.6 is 11.8 Å². The van der Waals surface area contributed by atoms with Crippen LogP contribution in [0.5, 0.6) is 5.75 Å². The predicted octanol–water partition coefficient (Wildman–Crippen LogP) is 5.27. The molecule has 3 heterocycles. The summed E-state index contributed by atoms with van der Waals surface area (Å²) in [6.07, 6.45) is 9.30. The molecule has 3 aromatic rings. The Morgan fingerprint density at radius 3 is 2.97 bits per heavy atom. The van der Waals surface area contributed by atoms with Crippen molar-refractivity contribution in [2.75, 3.05) is 39.1 Å². The van der Waals surface area contributed by atoms with Gasteiger partial charge in [0.2, 0.25) is 0 Å². The molecule has 6 heteroatoms. The zero-order valence-corrected chi connectivity index (χ0v) is 19.7. The minimum Gasteiger partial charge on any atom is -0.497 e. The Hall–Kier alpha value is -2.02. The van der Waals surface area contributed by atoms with Gasteiger partial charge in [0.1, 0.15) is 5.75 Å². The number of hydrogen-bond acceptors (Lipinski definition) is 6. The van der Waals surface area contributed by atoms with E-state index in [1.165, 1.54) is 23.8 Å². The zero-order valence-electron chi connectivity index (χ0n) is 18.9. The number of nitrogens with zero attached hydrogens (tertiary/aromatic N) is 2. The molecule has 0 spiro atoms. The molecule has 2 atom stereocenters. The number of thioether (sulfide) groups is 1. The first-order valence-electron chi connectivity index (χ1n) is 11.7. The van der Waals surface area contributed by atoms with Crippen molar-refractivity contribution in [2.24, 2.45) is 11.8 Å². The maximum Gasteiger partial charge on any atom is 0.160 e. The number of fused-ring (bicyclic) bond motifs is 1. The molecule has 0 radical (unpaired) electrons. The number of aliphatic hydroxyl groups excluding tert-OH is 1. The third-order valence-electron chi connectivity index (χ3n) is 6.63. The summed E-state index contributed by atoms with van der Waals surface area (Å²) >= 11 is 1.78. The molecule has 1 aromatic carbocycles. The molecule has 0 saturated carbocycles. The highest BCUT2D eigenvalue weighted by Gasteiger charge is 2.28. The van der Waals surface area contributed by atoms with Gasteiger partial charge >= 0.3 is 0 Å². The molecule has 1 N–H and O–H groups in total. The quantitative estimate of drug-likeness (QED) is 0.315. The van der Waals surface area contributed by atoms with Gasteiger partial charge in [-0.25, -0.2) is 0 Å². The van der Waals surface area contributed by atoms with Crippen molar-refractivity contribution in [1.29, 1.82) is 0 Å². The van der Waals surface area contributed by atoms with Gasteiger partial charge in [-0.1, -0.05) is 11.8 Å². The molecule has 0 bridgehead atoms. The SMILES string of the molecule is COc1ccc2nccc(CCC[C@@H]3CCN(CCCSc4ccco4)C[C@@H]3CO)c2c1. The molecule has 0 aliphatic carbocycles. The maximum atomic E-state index is 10.0. The number of hydrogen-bond donors (Lipinski definition) is 1. The first kappa shape index (κ1) is 23.1. The Labute approximate surface area is 195 Å². The number of ether oxygens (including phenoxy) is 1. The number of pyridine rings is 1. The number of piperidine rings is 1. The second-order valence-electron chi connectivity index (χ2n) is 8.67. The Bertz CT molecular complexity index is 963. The fraction of sp³-hybridized carbons (Fsp3) is 0.500. The molecule has 1 aliphatic heterocycles. The average molecular weight is 455 g/mol. The highest BCUT2D eigenvalue weighted by atomic mass is 32.2. The molecule has 172 valence electrons. The minimum absolute atomic E-state index is 0.289. The molecular formula is C26H34N2O3S. The van der Waals surface area contributed by atoms with Crippen molar-refractivity contribution in [3.05, 3.63) is 54.4 Å². The van der Waals surface area contributed by atoms with Gasteiger partial charge in [0, 0.05) is 30.5 Å². The van der Waals surface area contributed by atoms with Gasteiger partial charge in [-0.3, -0.25) is 4.98 Å². The van der Waals surface area contributed by atoms with E-state index in [0.717, 1.165) is 61.0 Å². The van der Waals surface area contributed by atoms with Gasteiger partial charge < -0.3 is 19.2 Å². The number of rotatable bonds is 11. The third-order valence-corrected chi connectivity index (χ3v) is 7.64. The molecule has 0 amide bonds. The molecule has 1 saturated heterocycles. The van der Waals surface area contributed by atoms with Gasteiger partial charge in [-0.2, -0.15) is 0 Å². The second kappa shape index (κ2) is 11.7. The highest BCUT2D eigenvalue weighted by molar-refractivity contribution is 7.99. The number of furan rings is 1. The van der Waals surface area contributed by atoms with E-state index in [0.29, 0.717) is 11.8 Å². The summed E-state index contributed by atoms with van der Waals surface area (Å²) in [5, 5.41) is 12.2. The summed E-state index contributed by atoms with van der Waals surface area (Å²) in [4.78, 5) is 7.02. The first-order chi connectivity index (χ1) is 15.8. The summed E-state index contributed by atoms with van der Waals surface area (Å²) in [6, 6.07) is 12.2. The summed E-state index contributed by atoms with van der Waals surface area (Å²) < 4.78 is 10.8. The van der Waals surface area contributed by atoms with E-state index >= 15 is 0 Å². The molecule has 0 unspecified atom stereocenters. The lowest BCUT2D eigenvalue weighted by Crippen LogP contribution is -2.42. The summed E-state index contributed by atoms with van der Waals surface area (Å²) in [7, 11) is 1.70. The van der Waals surface area contributed by atoms with E-state index in [4.69, 9.17) is 9.15 Å². The van der Waals surface area contributed by atoms with Crippen LogP contribution in [0.25, 0.3) is 10.9 Å². The van der Waals surface area contributed by atoms with Crippen LogP contribution in [0.4, 0.5) is 0 Å². The molecule has 2 aromatic heterocycles. The van der Waals surface area contributed by atoms with Gasteiger partial charge in [0.05, 0.1) is 18.9 Å². The summed E-state index contributed by atoms with van der Waals surface area (Å²) in [5.41, 5.74) is 2.36. The maximum absolute atomic E-state index is 10.0. The van der Waals surface area contributed by atoms with Crippen LogP contribution in [-0.2, 0) is 6.42 Å². The standard InChI is InChI=1S/C26H34N2O3S/c1-30-23-8-9-25-24(17-23)21(10-12-27-25)6-2-5-20-11-14-28(18-22(20)19-29)13-4-16-32-26-7-3-15-31-26/h3,7-10,12,15,17,20,22,29H,2,4-6,11,13-14,16,18-19H2,1H3/t20-,22-/m1/s1. The summed E-state index contributed by atoms with van der Waals surface area (Å²) in [6.45, 7) is 3.55. The van der Waals surface area contributed by atoms with Crippen molar-refractivity contribution in [3.8, 4) is 5.75 Å². The van der Waals surface area contributed by atoms with Gasteiger partial charge in [-0.15, -0.1) is 0 Å². The van der Waals surface area contributed by atoms with Crippen LogP contribution < -0.4 is 4.74 Å². The molecule has 32 heavy (non-hydrogen) atoms. The first-order valence-corrected chi connectivity index (χ1v) is 12.7. The molecule has 1 fully saturated rings. The van der Waals surface area contributed by atoms with E-state index in [-0.39, 0.29) is 6.61 Å². The lowest BCUT2D eigenvalue weighted by molar-refractivity contribution is 0.0677. The zero-order chi connectivity index (χ0) is 22.2. The van der Waals surface area contributed by atoms with Crippen LogP contribution in [0.2, 0.25) is 0 Å². The number of aromatic nitrogens is 1. The van der Waals surface area contributed by atoms with Crippen molar-refractivity contribution >= 4 is 22.7 Å². The normalized spacial score (nSPS) is 19.4. The highest BCUT2D eigenvalue weighted by Crippen LogP contribution is 2.30. The minimum atomic E-state index is 0.289. The van der Waals surface area contributed by atoms with Crippen molar-refractivity contribution in [1.82, 2.24) is 9.88 Å². The number of aryl methyl sites for hydroxylation is 1. The molecule has 1 aliphatic rings. The Balaban J connectivity index is 1.23. The molecular weight excluding hydrogens is 420 g/mol. The van der Waals surface area contributed by atoms with E-state index in [1.54, 1.807) is 25.1 Å². The third kappa shape index (κ3) is 6.06. The molecule has 5 nitrogen and oxygen atoms in total. The van der Waals surface area contributed by atoms with E-state index in [2.05, 4.69) is 22.0 Å². The molecule has 4 rings (SSSR count). The fourth-order valence-corrected chi connectivity index (χ4v) is 5.61. The fourth-order valence-electron chi connectivity index (χ4n) is 4.83. The number of aliphatic hydroxyl groups is 1. The lowest BCUT2D eigenvalue weighted by Gasteiger charge is -2.38. The van der Waals surface area contributed by atoms with Crippen molar-refractivity contribution in [3.63, 3.8) is 0 Å². The number of benzene rings is 1. The topological polar surface area (TPSA) is 58.7 Å². The van der Waals surface area contributed by atoms with E-state index in [1.807, 2.05) is 30.5 Å². The largest absolute Gasteiger partial charge is 0.497 e.